The van der Waals surface area contributed by atoms with E-state index in [1.165, 1.54) is 18.4 Å². The lowest BCUT2D eigenvalue weighted by molar-refractivity contribution is 0.0154. The number of likely N-dealkylation sites (tertiary alicyclic amines) is 1. The quantitative estimate of drug-likeness (QED) is 0.541. The zero-order chi connectivity index (χ0) is 21.1. The van der Waals surface area contributed by atoms with Gasteiger partial charge in [-0.25, -0.2) is 0 Å². The van der Waals surface area contributed by atoms with Crippen molar-refractivity contribution in [2.24, 2.45) is 5.41 Å². The maximum absolute atomic E-state index is 13.2. The highest BCUT2D eigenvalue weighted by atomic mass is 16.3. The summed E-state index contributed by atoms with van der Waals surface area (Å²) in [4.78, 5) is 17.8. The first kappa shape index (κ1) is 20.1. The van der Waals surface area contributed by atoms with E-state index in [1.54, 1.807) is 18.4 Å². The molecule has 31 heavy (non-hydrogen) atoms. The zero-order valence-electron chi connectivity index (χ0n) is 18.0. The lowest BCUT2D eigenvalue weighted by Gasteiger charge is -2.55. The first-order valence-electron chi connectivity index (χ1n) is 11.4. The van der Waals surface area contributed by atoms with Crippen LogP contribution in [0.15, 0.2) is 83.5 Å². The Kier molecular flexibility index (Phi) is 5.65. The number of hydrogen-bond acceptors (Lipinski definition) is 3. The number of nitrogens with zero attached hydrogens (tertiary/aromatic N) is 2. The van der Waals surface area contributed by atoms with Crippen molar-refractivity contribution in [2.75, 3.05) is 24.5 Å². The van der Waals surface area contributed by atoms with Gasteiger partial charge in [0.15, 0.2) is 5.76 Å². The van der Waals surface area contributed by atoms with E-state index >= 15 is 0 Å². The molecule has 2 heterocycles. The van der Waals surface area contributed by atoms with E-state index in [2.05, 4.69) is 35.2 Å². The predicted molar refractivity (Wildman–Crippen MR) is 123 cm³/mol. The van der Waals surface area contributed by atoms with Gasteiger partial charge in [0.1, 0.15) is 0 Å². The van der Waals surface area contributed by atoms with Gasteiger partial charge in [-0.1, -0.05) is 48.5 Å². The number of hydrogen-bond donors (Lipinski definition) is 0. The van der Waals surface area contributed by atoms with Gasteiger partial charge in [0.05, 0.1) is 6.26 Å². The molecule has 1 spiro atoms. The monoisotopic (exact) mass is 414 g/mol. The Bertz CT molecular complexity index is 969. The van der Waals surface area contributed by atoms with E-state index in [0.717, 1.165) is 44.6 Å². The molecular weight excluding hydrogens is 384 g/mol. The van der Waals surface area contributed by atoms with Gasteiger partial charge in [-0.05, 0) is 80.4 Å². The fourth-order valence-electron chi connectivity index (χ4n) is 5.32. The summed E-state index contributed by atoms with van der Waals surface area (Å²) in [5, 5.41) is 0. The number of amides is 1. The van der Waals surface area contributed by atoms with Crippen LogP contribution in [0.25, 0.3) is 0 Å². The highest BCUT2D eigenvalue weighted by molar-refractivity contribution is 6.04. The van der Waals surface area contributed by atoms with Crippen molar-refractivity contribution in [3.8, 4) is 0 Å². The Labute approximate surface area is 184 Å². The van der Waals surface area contributed by atoms with Gasteiger partial charge in [0.2, 0.25) is 0 Å². The fourth-order valence-corrected chi connectivity index (χ4v) is 5.32. The van der Waals surface area contributed by atoms with E-state index < -0.39 is 0 Å². The normalized spacial score (nSPS) is 18.6. The van der Waals surface area contributed by atoms with Crippen molar-refractivity contribution in [1.29, 1.82) is 0 Å². The number of rotatable bonds is 6. The molecule has 2 fully saturated rings. The second-order valence-corrected chi connectivity index (χ2v) is 9.13. The van der Waals surface area contributed by atoms with Gasteiger partial charge in [-0.3, -0.25) is 4.79 Å². The Hall–Kier alpha value is -2.85. The van der Waals surface area contributed by atoms with E-state index in [4.69, 9.17) is 4.42 Å². The molecule has 5 rings (SSSR count). The summed E-state index contributed by atoms with van der Waals surface area (Å²) in [5.41, 5.74) is 2.77. The number of anilines is 1. The number of carbonyl (C=O) groups excluding carboxylic acids is 1. The van der Waals surface area contributed by atoms with Crippen LogP contribution in [0.1, 0.15) is 41.8 Å². The smallest absolute Gasteiger partial charge is 0.294 e. The molecule has 2 aliphatic rings. The maximum Gasteiger partial charge on any atom is 0.294 e. The number of carbonyl (C=O) groups is 1. The summed E-state index contributed by atoms with van der Waals surface area (Å²) >= 11 is 0. The molecule has 1 aliphatic heterocycles. The molecule has 1 saturated carbocycles. The van der Waals surface area contributed by atoms with Gasteiger partial charge in [0, 0.05) is 18.3 Å². The second-order valence-electron chi connectivity index (χ2n) is 9.13. The molecule has 1 amide bonds. The molecular formula is C27H30N2O2. The van der Waals surface area contributed by atoms with Crippen molar-refractivity contribution < 1.29 is 9.21 Å². The first-order chi connectivity index (χ1) is 15.2. The third-order valence-electron chi connectivity index (χ3n) is 7.16. The summed E-state index contributed by atoms with van der Waals surface area (Å²) in [7, 11) is 0. The van der Waals surface area contributed by atoms with Gasteiger partial charge in [-0.15, -0.1) is 0 Å². The van der Waals surface area contributed by atoms with E-state index in [9.17, 15) is 4.79 Å². The Morgan fingerprint density at radius 1 is 0.935 bits per heavy atom. The molecule has 0 radical (unpaired) electrons. The number of benzene rings is 2. The molecule has 160 valence electrons. The minimum Gasteiger partial charge on any atom is -0.459 e. The average Bonchev–Trinajstić information content (AvgIpc) is 3.34. The molecule has 0 bridgehead atoms. The van der Waals surface area contributed by atoms with Crippen LogP contribution in [0, 0.1) is 5.41 Å². The topological polar surface area (TPSA) is 36.7 Å². The van der Waals surface area contributed by atoms with Crippen molar-refractivity contribution >= 4 is 11.6 Å². The Balaban J connectivity index is 1.20. The van der Waals surface area contributed by atoms with Gasteiger partial charge in [-0.2, -0.15) is 0 Å². The van der Waals surface area contributed by atoms with Gasteiger partial charge < -0.3 is 14.2 Å². The van der Waals surface area contributed by atoms with Crippen molar-refractivity contribution in [1.82, 2.24) is 4.90 Å². The first-order valence-corrected chi connectivity index (χ1v) is 11.4. The summed E-state index contributed by atoms with van der Waals surface area (Å²) in [5.74, 6) is 0.386. The molecule has 1 aliphatic carbocycles. The van der Waals surface area contributed by atoms with Crippen LogP contribution in [-0.2, 0) is 6.42 Å². The maximum atomic E-state index is 13.2. The van der Waals surface area contributed by atoms with Crippen LogP contribution in [0.2, 0.25) is 0 Å². The van der Waals surface area contributed by atoms with Crippen molar-refractivity contribution in [3.63, 3.8) is 0 Å². The van der Waals surface area contributed by atoms with Crippen LogP contribution in [0.5, 0.6) is 0 Å². The van der Waals surface area contributed by atoms with Crippen LogP contribution in [-0.4, -0.2) is 36.5 Å². The van der Waals surface area contributed by atoms with Crippen LogP contribution in [0.3, 0.4) is 0 Å². The van der Waals surface area contributed by atoms with E-state index in [0.29, 0.717) is 11.2 Å². The van der Waals surface area contributed by atoms with Crippen LogP contribution in [0.4, 0.5) is 5.69 Å². The van der Waals surface area contributed by atoms with E-state index in [1.807, 2.05) is 35.2 Å². The standard InChI is InChI=1S/C27H30N2O2/c30-26(25-12-7-19-31-25)29(23-10-5-2-6-11-23)24-20-27(21-24)14-17-28(18-15-27)16-13-22-8-3-1-4-9-22/h1-12,19,24H,13-18,20-21H2. The Morgan fingerprint density at radius 2 is 1.61 bits per heavy atom. The molecule has 0 unspecified atom stereocenters. The predicted octanol–water partition coefficient (Wildman–Crippen LogP) is 5.41. The van der Waals surface area contributed by atoms with Gasteiger partial charge >= 0.3 is 0 Å². The lowest BCUT2D eigenvalue weighted by atomic mass is 9.60. The molecule has 4 nitrogen and oxygen atoms in total. The minimum atomic E-state index is -0.0312. The third-order valence-corrected chi connectivity index (χ3v) is 7.16. The summed E-state index contributed by atoms with van der Waals surface area (Å²) in [6.07, 6.45) is 7.33. The summed E-state index contributed by atoms with van der Waals surface area (Å²) in [6, 6.07) is 24.6. The van der Waals surface area contributed by atoms with E-state index in [-0.39, 0.29) is 11.9 Å². The number of furan rings is 1. The van der Waals surface area contributed by atoms with Gasteiger partial charge in [0.25, 0.3) is 5.91 Å². The molecule has 1 aromatic heterocycles. The number of para-hydroxylation sites is 1. The SMILES string of the molecule is O=C(c1ccco1)N(c1ccccc1)C1CC2(CCN(CCc3ccccc3)CC2)C1. The lowest BCUT2D eigenvalue weighted by Crippen LogP contribution is -2.56. The fraction of sp³-hybridized carbons (Fsp3) is 0.370. The third kappa shape index (κ3) is 4.31. The van der Waals surface area contributed by atoms with Crippen molar-refractivity contribution in [3.05, 3.63) is 90.4 Å². The van der Waals surface area contributed by atoms with Crippen molar-refractivity contribution in [2.45, 2.75) is 38.1 Å². The molecule has 1 saturated heterocycles. The highest BCUT2D eigenvalue weighted by Gasteiger charge is 2.49. The van der Waals surface area contributed by atoms with Crippen LogP contribution < -0.4 is 4.90 Å². The second kappa shape index (κ2) is 8.72. The summed E-state index contributed by atoms with van der Waals surface area (Å²) in [6.45, 7) is 3.46. The summed E-state index contributed by atoms with van der Waals surface area (Å²) < 4.78 is 5.43. The Morgan fingerprint density at radius 3 is 2.26 bits per heavy atom. The zero-order valence-corrected chi connectivity index (χ0v) is 18.0. The molecule has 0 N–H and O–H groups in total. The largest absolute Gasteiger partial charge is 0.459 e. The average molecular weight is 415 g/mol. The molecule has 2 aromatic carbocycles. The molecule has 0 atom stereocenters. The molecule has 3 aromatic rings. The molecule has 4 heteroatoms. The minimum absolute atomic E-state index is 0.0312. The number of piperidine rings is 1. The highest BCUT2D eigenvalue weighted by Crippen LogP contribution is 2.51. The van der Waals surface area contributed by atoms with Crippen LogP contribution >= 0.6 is 0 Å².